The van der Waals surface area contributed by atoms with E-state index in [4.69, 9.17) is 4.74 Å². The average Bonchev–Trinajstić information content (AvgIpc) is 2.89. The number of ketones is 1. The lowest BCUT2D eigenvalue weighted by Gasteiger charge is -2.13. The molecule has 0 unspecified atom stereocenters. The van der Waals surface area contributed by atoms with E-state index < -0.39 is 0 Å². The van der Waals surface area contributed by atoms with Crippen LogP contribution in [0.15, 0.2) is 24.3 Å². The molecular formula is C14H19NO2. The Morgan fingerprint density at radius 1 is 1.24 bits per heavy atom. The summed E-state index contributed by atoms with van der Waals surface area (Å²) in [7, 11) is 1.63. The number of benzene rings is 1. The van der Waals surface area contributed by atoms with Crippen LogP contribution in [0, 0.1) is 0 Å². The van der Waals surface area contributed by atoms with E-state index in [0.29, 0.717) is 6.42 Å². The molecule has 0 amide bonds. The number of methoxy groups -OCH3 is 1. The van der Waals surface area contributed by atoms with Gasteiger partial charge in [-0.15, -0.1) is 0 Å². The van der Waals surface area contributed by atoms with Crippen molar-refractivity contribution in [2.45, 2.75) is 19.3 Å². The van der Waals surface area contributed by atoms with Crippen LogP contribution >= 0.6 is 0 Å². The minimum atomic E-state index is 0.222. The second-order valence-corrected chi connectivity index (χ2v) is 4.45. The topological polar surface area (TPSA) is 29.5 Å². The molecule has 17 heavy (non-hydrogen) atoms. The Morgan fingerprint density at radius 3 is 2.47 bits per heavy atom. The molecule has 92 valence electrons. The van der Waals surface area contributed by atoms with Gasteiger partial charge in [0.15, 0.2) is 5.78 Å². The lowest BCUT2D eigenvalue weighted by molar-refractivity contribution is 0.0969. The second kappa shape index (κ2) is 5.82. The number of carbonyl (C=O) groups is 1. The number of Topliss-reactive ketones (excluding diaryl/α,β-unsaturated/α-hetero) is 1. The molecule has 0 spiro atoms. The predicted octanol–water partition coefficient (Wildman–Crippen LogP) is 2.36. The average molecular weight is 233 g/mol. The summed E-state index contributed by atoms with van der Waals surface area (Å²) in [5.74, 6) is 1.01. The Bertz CT molecular complexity index is 366. The van der Waals surface area contributed by atoms with E-state index in [1.807, 2.05) is 24.3 Å². The fourth-order valence-electron chi connectivity index (χ4n) is 2.19. The smallest absolute Gasteiger partial charge is 0.164 e. The van der Waals surface area contributed by atoms with Gasteiger partial charge in [0.05, 0.1) is 7.11 Å². The zero-order valence-corrected chi connectivity index (χ0v) is 10.3. The molecule has 0 saturated carbocycles. The van der Waals surface area contributed by atoms with E-state index in [9.17, 15) is 4.79 Å². The van der Waals surface area contributed by atoms with Gasteiger partial charge in [-0.1, -0.05) is 0 Å². The summed E-state index contributed by atoms with van der Waals surface area (Å²) in [6, 6.07) is 7.35. The fraction of sp³-hybridized carbons (Fsp3) is 0.500. The molecule has 3 heteroatoms. The van der Waals surface area contributed by atoms with Crippen molar-refractivity contribution in [3.05, 3.63) is 29.8 Å². The summed E-state index contributed by atoms with van der Waals surface area (Å²) in [5, 5.41) is 0. The Kier molecular flexibility index (Phi) is 4.15. The van der Waals surface area contributed by atoms with E-state index in [-0.39, 0.29) is 5.78 Å². The molecule has 1 saturated heterocycles. The third-order valence-electron chi connectivity index (χ3n) is 3.27. The molecule has 0 aliphatic carbocycles. The Balaban J connectivity index is 1.85. The molecule has 0 aromatic heterocycles. The summed E-state index contributed by atoms with van der Waals surface area (Å²) in [6.45, 7) is 3.19. The molecule has 0 bridgehead atoms. The van der Waals surface area contributed by atoms with Gasteiger partial charge in [-0.25, -0.2) is 0 Å². The molecule has 1 aromatic carbocycles. The standard InChI is InChI=1S/C14H19NO2/c1-17-13-6-4-12(5-7-13)14(16)8-11-15-9-2-3-10-15/h4-7H,2-3,8-11H2,1H3. The SMILES string of the molecule is COc1ccc(C(=O)CCN2CCCC2)cc1. The molecule has 1 aliphatic rings. The van der Waals surface area contributed by atoms with Crippen LogP contribution in [0.25, 0.3) is 0 Å². The quantitative estimate of drug-likeness (QED) is 0.731. The van der Waals surface area contributed by atoms with Crippen molar-refractivity contribution in [3.8, 4) is 5.75 Å². The van der Waals surface area contributed by atoms with Crippen molar-refractivity contribution in [3.63, 3.8) is 0 Å². The number of rotatable bonds is 5. The maximum atomic E-state index is 11.9. The van der Waals surface area contributed by atoms with Gasteiger partial charge < -0.3 is 9.64 Å². The molecule has 0 N–H and O–H groups in total. The first-order chi connectivity index (χ1) is 8.29. The van der Waals surface area contributed by atoms with Crippen LogP contribution in [-0.2, 0) is 0 Å². The highest BCUT2D eigenvalue weighted by atomic mass is 16.5. The van der Waals surface area contributed by atoms with Gasteiger partial charge in [0, 0.05) is 18.5 Å². The lowest BCUT2D eigenvalue weighted by atomic mass is 10.1. The Labute approximate surface area is 102 Å². The van der Waals surface area contributed by atoms with Crippen molar-refractivity contribution >= 4 is 5.78 Å². The molecular weight excluding hydrogens is 214 g/mol. The van der Waals surface area contributed by atoms with Gasteiger partial charge in [0.2, 0.25) is 0 Å². The van der Waals surface area contributed by atoms with Crippen LogP contribution in [0.5, 0.6) is 5.75 Å². The highest BCUT2D eigenvalue weighted by Crippen LogP contribution is 2.14. The third kappa shape index (κ3) is 3.30. The molecule has 0 radical (unpaired) electrons. The van der Waals surface area contributed by atoms with E-state index in [1.54, 1.807) is 7.11 Å². The number of likely N-dealkylation sites (tertiary alicyclic amines) is 1. The van der Waals surface area contributed by atoms with Crippen molar-refractivity contribution in [1.29, 1.82) is 0 Å². The van der Waals surface area contributed by atoms with E-state index in [1.165, 1.54) is 12.8 Å². The van der Waals surface area contributed by atoms with Gasteiger partial charge in [0.1, 0.15) is 5.75 Å². The maximum absolute atomic E-state index is 11.9. The van der Waals surface area contributed by atoms with Crippen LogP contribution in [0.2, 0.25) is 0 Å². The second-order valence-electron chi connectivity index (χ2n) is 4.45. The van der Waals surface area contributed by atoms with Crippen LogP contribution in [-0.4, -0.2) is 37.4 Å². The maximum Gasteiger partial charge on any atom is 0.164 e. The van der Waals surface area contributed by atoms with Gasteiger partial charge in [-0.2, -0.15) is 0 Å². The van der Waals surface area contributed by atoms with Crippen LogP contribution in [0.3, 0.4) is 0 Å². The molecule has 1 aliphatic heterocycles. The van der Waals surface area contributed by atoms with Crippen molar-refractivity contribution in [2.24, 2.45) is 0 Å². The van der Waals surface area contributed by atoms with E-state index in [2.05, 4.69) is 4.90 Å². The van der Waals surface area contributed by atoms with Crippen LogP contribution in [0.4, 0.5) is 0 Å². The van der Waals surface area contributed by atoms with E-state index >= 15 is 0 Å². The predicted molar refractivity (Wildman–Crippen MR) is 67.6 cm³/mol. The summed E-state index contributed by atoms with van der Waals surface area (Å²) in [4.78, 5) is 14.3. The first kappa shape index (κ1) is 12.1. The Morgan fingerprint density at radius 2 is 1.88 bits per heavy atom. The van der Waals surface area contributed by atoms with Crippen molar-refractivity contribution in [1.82, 2.24) is 4.90 Å². The molecule has 1 heterocycles. The third-order valence-corrected chi connectivity index (χ3v) is 3.27. The number of hydrogen-bond acceptors (Lipinski definition) is 3. The molecule has 0 atom stereocenters. The lowest BCUT2D eigenvalue weighted by Crippen LogP contribution is -2.22. The van der Waals surface area contributed by atoms with Crippen LogP contribution < -0.4 is 4.74 Å². The fourth-order valence-corrected chi connectivity index (χ4v) is 2.19. The molecule has 1 fully saturated rings. The summed E-state index contributed by atoms with van der Waals surface area (Å²) in [5.41, 5.74) is 0.782. The summed E-state index contributed by atoms with van der Waals surface area (Å²) < 4.78 is 5.07. The highest BCUT2D eigenvalue weighted by Gasteiger charge is 2.13. The Hall–Kier alpha value is -1.35. The number of ether oxygens (including phenoxy) is 1. The normalized spacial score (nSPS) is 16.1. The monoisotopic (exact) mass is 233 g/mol. The minimum absolute atomic E-state index is 0.222. The number of hydrogen-bond donors (Lipinski definition) is 0. The summed E-state index contributed by atoms with van der Waals surface area (Å²) >= 11 is 0. The van der Waals surface area contributed by atoms with Gasteiger partial charge >= 0.3 is 0 Å². The van der Waals surface area contributed by atoms with Gasteiger partial charge in [-0.3, -0.25) is 4.79 Å². The minimum Gasteiger partial charge on any atom is -0.497 e. The zero-order valence-electron chi connectivity index (χ0n) is 10.3. The van der Waals surface area contributed by atoms with Crippen LogP contribution in [0.1, 0.15) is 29.6 Å². The largest absolute Gasteiger partial charge is 0.497 e. The number of carbonyl (C=O) groups excluding carboxylic acids is 1. The van der Waals surface area contributed by atoms with Gasteiger partial charge in [0.25, 0.3) is 0 Å². The molecule has 1 aromatic rings. The van der Waals surface area contributed by atoms with Gasteiger partial charge in [-0.05, 0) is 50.2 Å². The van der Waals surface area contributed by atoms with Crippen molar-refractivity contribution < 1.29 is 9.53 Å². The zero-order chi connectivity index (χ0) is 12.1. The summed E-state index contributed by atoms with van der Waals surface area (Å²) in [6.07, 6.45) is 3.17. The molecule has 3 nitrogen and oxygen atoms in total. The van der Waals surface area contributed by atoms with Crippen molar-refractivity contribution in [2.75, 3.05) is 26.7 Å². The van der Waals surface area contributed by atoms with E-state index in [0.717, 1.165) is 30.9 Å². The first-order valence-electron chi connectivity index (χ1n) is 6.19. The highest BCUT2D eigenvalue weighted by molar-refractivity contribution is 5.96. The number of nitrogens with zero attached hydrogens (tertiary/aromatic N) is 1. The first-order valence-corrected chi connectivity index (χ1v) is 6.19. The molecule has 2 rings (SSSR count).